The molecule has 100 valence electrons. The first-order chi connectivity index (χ1) is 9.19. The van der Waals surface area contributed by atoms with Crippen molar-refractivity contribution < 1.29 is 14.4 Å². The summed E-state index contributed by atoms with van der Waals surface area (Å²) in [5, 5.41) is 17.6. The average molecular weight is 262 g/mol. The van der Waals surface area contributed by atoms with Crippen molar-refractivity contribution in [2.75, 3.05) is 18.5 Å². The molecule has 3 N–H and O–H groups in total. The summed E-state index contributed by atoms with van der Waals surface area (Å²) in [4.78, 5) is 15.6. The quantitative estimate of drug-likeness (QED) is 0.767. The fraction of sp³-hybridized carbons (Fsp3) is 0.250. The normalized spacial score (nSPS) is 10.2. The molecule has 0 radical (unpaired) electrons. The van der Waals surface area contributed by atoms with Crippen molar-refractivity contribution in [2.45, 2.75) is 6.92 Å². The summed E-state index contributed by atoms with van der Waals surface area (Å²) in [7, 11) is 0. The molecule has 0 aliphatic rings. The summed E-state index contributed by atoms with van der Waals surface area (Å²) in [6, 6.07) is 6.71. The van der Waals surface area contributed by atoms with E-state index in [2.05, 4.69) is 20.8 Å². The number of carbonyl (C=O) groups excluding carboxylic acids is 1. The number of aromatic nitrogens is 2. The van der Waals surface area contributed by atoms with E-state index in [1.165, 1.54) is 0 Å². The fourth-order valence-corrected chi connectivity index (χ4v) is 1.50. The molecule has 0 saturated heterocycles. The standard InChI is InChI=1S/C12H14N4O3/c1-8-14-11(16-19-8)9-3-2-4-10(7-9)15-12(18)13-5-6-17/h2-4,7,17H,5-6H2,1H3,(H2,13,15,18). The number of urea groups is 1. The van der Waals surface area contributed by atoms with Gasteiger partial charge in [-0.3, -0.25) is 0 Å². The molecule has 0 saturated carbocycles. The van der Waals surface area contributed by atoms with Gasteiger partial charge in [-0.05, 0) is 12.1 Å². The topological polar surface area (TPSA) is 100 Å². The molecule has 0 bridgehead atoms. The highest BCUT2D eigenvalue weighted by atomic mass is 16.5. The number of carbonyl (C=O) groups is 1. The van der Waals surface area contributed by atoms with Crippen LogP contribution in [-0.4, -0.2) is 34.4 Å². The Balaban J connectivity index is 2.09. The van der Waals surface area contributed by atoms with E-state index in [1.54, 1.807) is 25.1 Å². The van der Waals surface area contributed by atoms with Crippen LogP contribution in [0, 0.1) is 6.92 Å². The van der Waals surface area contributed by atoms with Gasteiger partial charge in [0.15, 0.2) is 0 Å². The van der Waals surface area contributed by atoms with Gasteiger partial charge in [0.1, 0.15) is 0 Å². The number of benzene rings is 1. The molecule has 2 rings (SSSR count). The molecule has 2 amide bonds. The van der Waals surface area contributed by atoms with Crippen molar-refractivity contribution in [2.24, 2.45) is 0 Å². The third-order valence-corrected chi connectivity index (χ3v) is 2.30. The van der Waals surface area contributed by atoms with Crippen LogP contribution in [0.4, 0.5) is 10.5 Å². The first kappa shape index (κ1) is 13.0. The molecule has 7 nitrogen and oxygen atoms in total. The Morgan fingerprint density at radius 2 is 2.32 bits per heavy atom. The summed E-state index contributed by atoms with van der Waals surface area (Å²) in [6.07, 6.45) is 0. The zero-order valence-electron chi connectivity index (χ0n) is 10.4. The maximum atomic E-state index is 11.4. The second-order valence-electron chi connectivity index (χ2n) is 3.82. The summed E-state index contributed by atoms with van der Waals surface area (Å²) >= 11 is 0. The number of aryl methyl sites for hydroxylation is 1. The molecule has 0 atom stereocenters. The molecular formula is C12H14N4O3. The largest absolute Gasteiger partial charge is 0.395 e. The van der Waals surface area contributed by atoms with Gasteiger partial charge >= 0.3 is 6.03 Å². The first-order valence-corrected chi connectivity index (χ1v) is 5.75. The Bertz CT molecular complexity index is 568. The van der Waals surface area contributed by atoms with Crippen LogP contribution in [0.5, 0.6) is 0 Å². The van der Waals surface area contributed by atoms with Crippen LogP contribution in [0.1, 0.15) is 5.89 Å². The Morgan fingerprint density at radius 3 is 3.00 bits per heavy atom. The second-order valence-corrected chi connectivity index (χ2v) is 3.82. The third kappa shape index (κ3) is 3.52. The van der Waals surface area contributed by atoms with Gasteiger partial charge in [-0.2, -0.15) is 4.98 Å². The Hall–Kier alpha value is -2.41. The Kier molecular flexibility index (Phi) is 4.09. The number of hydrogen-bond acceptors (Lipinski definition) is 5. The summed E-state index contributed by atoms with van der Waals surface area (Å²) in [5.74, 6) is 0.950. The van der Waals surface area contributed by atoms with Crippen molar-refractivity contribution in [1.29, 1.82) is 0 Å². The SMILES string of the molecule is Cc1nc(-c2cccc(NC(=O)NCCO)c2)no1. The number of anilines is 1. The molecule has 19 heavy (non-hydrogen) atoms. The van der Waals surface area contributed by atoms with Gasteiger partial charge in [0.2, 0.25) is 11.7 Å². The maximum Gasteiger partial charge on any atom is 0.319 e. The number of aliphatic hydroxyl groups is 1. The van der Waals surface area contributed by atoms with Crippen LogP contribution in [0.25, 0.3) is 11.4 Å². The van der Waals surface area contributed by atoms with Crippen LogP contribution < -0.4 is 10.6 Å². The molecule has 1 aromatic heterocycles. The molecule has 7 heteroatoms. The lowest BCUT2D eigenvalue weighted by atomic mass is 10.2. The van der Waals surface area contributed by atoms with Crippen molar-refractivity contribution in [3.63, 3.8) is 0 Å². The fourth-order valence-electron chi connectivity index (χ4n) is 1.50. The molecule has 0 spiro atoms. The lowest BCUT2D eigenvalue weighted by Gasteiger charge is -2.06. The Morgan fingerprint density at radius 1 is 1.47 bits per heavy atom. The van der Waals surface area contributed by atoms with E-state index in [0.717, 1.165) is 5.56 Å². The lowest BCUT2D eigenvalue weighted by Crippen LogP contribution is -2.30. The monoisotopic (exact) mass is 262 g/mol. The van der Waals surface area contributed by atoms with Gasteiger partial charge in [0.05, 0.1) is 6.61 Å². The van der Waals surface area contributed by atoms with E-state index in [-0.39, 0.29) is 19.2 Å². The van der Waals surface area contributed by atoms with Crippen molar-refractivity contribution in [1.82, 2.24) is 15.5 Å². The predicted molar refractivity (Wildman–Crippen MR) is 68.6 cm³/mol. The van der Waals surface area contributed by atoms with Crippen LogP contribution in [0.3, 0.4) is 0 Å². The number of nitrogens with zero attached hydrogens (tertiary/aromatic N) is 2. The van der Waals surface area contributed by atoms with E-state index in [9.17, 15) is 4.79 Å². The van der Waals surface area contributed by atoms with Crippen molar-refractivity contribution in [3.05, 3.63) is 30.2 Å². The zero-order chi connectivity index (χ0) is 13.7. The van der Waals surface area contributed by atoms with Gasteiger partial charge in [-0.15, -0.1) is 0 Å². The Labute approximate surface area is 109 Å². The number of hydrogen-bond donors (Lipinski definition) is 3. The van der Waals surface area contributed by atoms with Crippen molar-refractivity contribution in [3.8, 4) is 11.4 Å². The minimum atomic E-state index is -0.379. The molecule has 1 aromatic carbocycles. The maximum absolute atomic E-state index is 11.4. The van der Waals surface area contributed by atoms with E-state index >= 15 is 0 Å². The van der Waals surface area contributed by atoms with E-state index < -0.39 is 0 Å². The summed E-state index contributed by atoms with van der Waals surface area (Å²) in [6.45, 7) is 1.81. The minimum absolute atomic E-state index is 0.102. The van der Waals surface area contributed by atoms with E-state index in [4.69, 9.17) is 9.63 Å². The number of aliphatic hydroxyl groups excluding tert-OH is 1. The predicted octanol–water partition coefficient (Wildman–Crippen LogP) is 1.16. The van der Waals surface area contributed by atoms with E-state index in [0.29, 0.717) is 17.4 Å². The number of amides is 2. The van der Waals surface area contributed by atoms with Crippen LogP contribution in [0.15, 0.2) is 28.8 Å². The van der Waals surface area contributed by atoms with Crippen LogP contribution in [0.2, 0.25) is 0 Å². The molecular weight excluding hydrogens is 248 g/mol. The van der Waals surface area contributed by atoms with Gasteiger partial charge in [0, 0.05) is 24.7 Å². The second kappa shape index (κ2) is 5.96. The lowest BCUT2D eigenvalue weighted by molar-refractivity contribution is 0.245. The average Bonchev–Trinajstić information content (AvgIpc) is 2.83. The molecule has 0 unspecified atom stereocenters. The molecule has 1 heterocycles. The summed E-state index contributed by atoms with van der Waals surface area (Å²) < 4.78 is 4.90. The van der Waals surface area contributed by atoms with Crippen LogP contribution in [-0.2, 0) is 0 Å². The van der Waals surface area contributed by atoms with Crippen molar-refractivity contribution >= 4 is 11.7 Å². The highest BCUT2D eigenvalue weighted by Crippen LogP contribution is 2.19. The van der Waals surface area contributed by atoms with Crippen LogP contribution >= 0.6 is 0 Å². The molecule has 0 aliphatic carbocycles. The minimum Gasteiger partial charge on any atom is -0.395 e. The van der Waals surface area contributed by atoms with E-state index in [1.807, 2.05) is 6.07 Å². The van der Waals surface area contributed by atoms with Gasteiger partial charge in [-0.25, -0.2) is 4.79 Å². The molecule has 0 fully saturated rings. The molecule has 0 aliphatic heterocycles. The molecule has 2 aromatic rings. The van der Waals surface area contributed by atoms with Gasteiger partial charge in [-0.1, -0.05) is 17.3 Å². The number of rotatable bonds is 4. The number of nitrogens with one attached hydrogen (secondary N) is 2. The van der Waals surface area contributed by atoms with Gasteiger partial charge < -0.3 is 20.3 Å². The smallest absolute Gasteiger partial charge is 0.319 e. The highest BCUT2D eigenvalue weighted by Gasteiger charge is 2.07. The summed E-state index contributed by atoms with van der Waals surface area (Å²) in [5.41, 5.74) is 1.35. The highest BCUT2D eigenvalue weighted by molar-refractivity contribution is 5.89. The zero-order valence-corrected chi connectivity index (χ0v) is 10.4. The first-order valence-electron chi connectivity index (χ1n) is 5.75. The third-order valence-electron chi connectivity index (χ3n) is 2.30. The van der Waals surface area contributed by atoms with Gasteiger partial charge in [0.25, 0.3) is 0 Å².